The van der Waals surface area contributed by atoms with E-state index in [9.17, 15) is 14.4 Å². The summed E-state index contributed by atoms with van der Waals surface area (Å²) in [7, 11) is 0. The zero-order valence-electron chi connectivity index (χ0n) is 17.8. The minimum atomic E-state index is -0.348. The highest BCUT2D eigenvalue weighted by atomic mass is 16.5. The van der Waals surface area contributed by atoms with Crippen LogP contribution < -0.4 is 10.5 Å². The number of aryl methyl sites for hydroxylation is 1. The number of hydrogen-bond acceptors (Lipinski definition) is 4. The summed E-state index contributed by atoms with van der Waals surface area (Å²) >= 11 is 0. The lowest BCUT2D eigenvalue weighted by Gasteiger charge is -2.30. The Bertz CT molecular complexity index is 1240. The second kappa shape index (κ2) is 8.59. The molecule has 5 rings (SSSR count). The number of benzene rings is 2. The summed E-state index contributed by atoms with van der Waals surface area (Å²) in [6.45, 7) is 2.56. The SMILES string of the molecule is O=C(c1cc(=O)n(CC(=O)N2CCCc3ccccc32)c2ccccc12)N1CCOCC1. The molecule has 0 bridgehead atoms. The second-order valence-corrected chi connectivity index (χ2v) is 8.18. The van der Waals surface area contributed by atoms with Gasteiger partial charge in [-0.3, -0.25) is 19.0 Å². The van der Waals surface area contributed by atoms with Crippen molar-refractivity contribution in [1.82, 2.24) is 9.47 Å². The van der Waals surface area contributed by atoms with Gasteiger partial charge in [0.25, 0.3) is 11.5 Å². The largest absolute Gasteiger partial charge is 0.378 e. The molecule has 0 N–H and O–H groups in total. The number of ether oxygens (including phenoxy) is 1. The van der Waals surface area contributed by atoms with Gasteiger partial charge in [0.15, 0.2) is 0 Å². The maximum atomic E-state index is 13.3. The summed E-state index contributed by atoms with van der Waals surface area (Å²) in [5.41, 5.74) is 2.68. The van der Waals surface area contributed by atoms with Crippen LogP contribution in [0.15, 0.2) is 59.4 Å². The molecule has 0 radical (unpaired) electrons. The number of fused-ring (bicyclic) bond motifs is 2. The third-order valence-corrected chi connectivity index (χ3v) is 6.25. The Kier molecular flexibility index (Phi) is 5.49. The molecule has 2 aromatic carbocycles. The molecule has 7 nitrogen and oxygen atoms in total. The lowest BCUT2D eigenvalue weighted by Crippen LogP contribution is -2.42. The van der Waals surface area contributed by atoms with E-state index in [2.05, 4.69) is 0 Å². The molecule has 7 heteroatoms. The number of carbonyl (C=O) groups excluding carboxylic acids is 2. The molecule has 2 aliphatic heterocycles. The molecule has 3 heterocycles. The molecule has 2 amide bonds. The Hall–Kier alpha value is -3.45. The summed E-state index contributed by atoms with van der Waals surface area (Å²) in [5, 5.41) is 0.676. The van der Waals surface area contributed by atoms with Crippen molar-refractivity contribution in [3.63, 3.8) is 0 Å². The monoisotopic (exact) mass is 431 g/mol. The van der Waals surface area contributed by atoms with Gasteiger partial charge in [-0.05, 0) is 30.5 Å². The number of anilines is 1. The molecule has 1 fully saturated rings. The summed E-state index contributed by atoms with van der Waals surface area (Å²) < 4.78 is 6.82. The Morgan fingerprint density at radius 1 is 0.938 bits per heavy atom. The average molecular weight is 431 g/mol. The molecule has 0 spiro atoms. The molecule has 0 saturated carbocycles. The fraction of sp³-hybridized carbons (Fsp3) is 0.320. The van der Waals surface area contributed by atoms with Crippen LogP contribution in [0.1, 0.15) is 22.3 Å². The normalized spacial score (nSPS) is 16.1. The van der Waals surface area contributed by atoms with Gasteiger partial charge < -0.3 is 14.5 Å². The van der Waals surface area contributed by atoms with Crippen LogP contribution in [-0.4, -0.2) is 54.1 Å². The maximum absolute atomic E-state index is 13.3. The van der Waals surface area contributed by atoms with Gasteiger partial charge in [-0.2, -0.15) is 0 Å². The molecule has 2 aliphatic rings. The number of aromatic nitrogens is 1. The Balaban J connectivity index is 1.51. The van der Waals surface area contributed by atoms with Crippen molar-refractivity contribution in [2.75, 3.05) is 37.7 Å². The van der Waals surface area contributed by atoms with Gasteiger partial charge in [0.2, 0.25) is 5.91 Å². The summed E-state index contributed by atoms with van der Waals surface area (Å²) in [6, 6.07) is 16.6. The number of para-hydroxylation sites is 2. The molecule has 0 aliphatic carbocycles. The molecule has 1 saturated heterocycles. The molecular formula is C25H25N3O4. The van der Waals surface area contributed by atoms with Gasteiger partial charge in [-0.1, -0.05) is 36.4 Å². The highest BCUT2D eigenvalue weighted by Gasteiger charge is 2.25. The van der Waals surface area contributed by atoms with Crippen LogP contribution in [0.2, 0.25) is 0 Å². The van der Waals surface area contributed by atoms with E-state index in [1.165, 1.54) is 10.6 Å². The topological polar surface area (TPSA) is 71.9 Å². The predicted molar refractivity (Wildman–Crippen MR) is 122 cm³/mol. The first-order valence-electron chi connectivity index (χ1n) is 11.0. The van der Waals surface area contributed by atoms with Crippen LogP contribution in [0.3, 0.4) is 0 Å². The van der Waals surface area contributed by atoms with Gasteiger partial charge in [-0.25, -0.2) is 0 Å². The average Bonchev–Trinajstić information content (AvgIpc) is 2.85. The molecular weight excluding hydrogens is 406 g/mol. The van der Waals surface area contributed by atoms with E-state index in [1.54, 1.807) is 15.9 Å². The van der Waals surface area contributed by atoms with Crippen LogP contribution in [0.25, 0.3) is 10.9 Å². The Morgan fingerprint density at radius 3 is 2.53 bits per heavy atom. The van der Waals surface area contributed by atoms with Crippen LogP contribution >= 0.6 is 0 Å². The van der Waals surface area contributed by atoms with Crippen molar-refractivity contribution in [2.45, 2.75) is 19.4 Å². The van der Waals surface area contributed by atoms with Gasteiger partial charge in [-0.15, -0.1) is 0 Å². The Morgan fingerprint density at radius 2 is 1.69 bits per heavy atom. The van der Waals surface area contributed by atoms with E-state index in [1.807, 2.05) is 42.5 Å². The maximum Gasteiger partial charge on any atom is 0.254 e. The molecule has 3 aromatic rings. The van der Waals surface area contributed by atoms with Gasteiger partial charge in [0.1, 0.15) is 6.54 Å². The van der Waals surface area contributed by atoms with Crippen molar-refractivity contribution in [2.24, 2.45) is 0 Å². The highest BCUT2D eigenvalue weighted by molar-refractivity contribution is 6.06. The standard InChI is InChI=1S/C25H25N3O4/c29-23-16-20(25(31)26-12-14-32-15-13-26)19-8-2-4-10-22(19)28(23)17-24(30)27-11-5-7-18-6-1-3-9-21(18)27/h1-4,6,8-10,16H,5,7,11-15,17H2. The van der Waals surface area contributed by atoms with E-state index in [0.717, 1.165) is 24.1 Å². The van der Waals surface area contributed by atoms with Crippen LogP contribution in [-0.2, 0) is 22.5 Å². The summed E-state index contributed by atoms with van der Waals surface area (Å²) in [6.07, 6.45) is 1.84. The zero-order chi connectivity index (χ0) is 22.1. The third kappa shape index (κ3) is 3.69. The molecule has 0 atom stereocenters. The number of hydrogen-bond donors (Lipinski definition) is 0. The van der Waals surface area contributed by atoms with Crippen LogP contribution in [0.4, 0.5) is 5.69 Å². The first-order valence-corrected chi connectivity index (χ1v) is 11.0. The first kappa shape index (κ1) is 20.5. The fourth-order valence-electron chi connectivity index (χ4n) is 4.62. The number of carbonyl (C=O) groups is 2. The number of nitrogens with zero attached hydrogens (tertiary/aromatic N) is 3. The van der Waals surface area contributed by atoms with Crippen molar-refractivity contribution in [3.05, 3.63) is 76.1 Å². The molecule has 0 unspecified atom stereocenters. The smallest absolute Gasteiger partial charge is 0.254 e. The summed E-state index contributed by atoms with van der Waals surface area (Å²) in [5.74, 6) is -0.304. The second-order valence-electron chi connectivity index (χ2n) is 8.18. The lowest BCUT2D eigenvalue weighted by atomic mass is 10.0. The minimum absolute atomic E-state index is 0.0697. The van der Waals surface area contributed by atoms with Gasteiger partial charge in [0.05, 0.1) is 24.3 Å². The first-order chi connectivity index (χ1) is 15.6. The lowest BCUT2D eigenvalue weighted by molar-refractivity contribution is -0.119. The minimum Gasteiger partial charge on any atom is -0.378 e. The fourth-order valence-corrected chi connectivity index (χ4v) is 4.62. The van der Waals surface area contributed by atoms with Crippen molar-refractivity contribution in [3.8, 4) is 0 Å². The molecule has 1 aromatic heterocycles. The number of amides is 2. The van der Waals surface area contributed by atoms with Gasteiger partial charge in [0, 0.05) is 36.8 Å². The quantitative estimate of drug-likeness (QED) is 0.639. The zero-order valence-corrected chi connectivity index (χ0v) is 17.8. The van der Waals surface area contributed by atoms with Crippen LogP contribution in [0, 0.1) is 0 Å². The third-order valence-electron chi connectivity index (χ3n) is 6.25. The van der Waals surface area contributed by atoms with Crippen molar-refractivity contribution in [1.29, 1.82) is 0 Å². The number of morpholine rings is 1. The predicted octanol–water partition coefficient (Wildman–Crippen LogP) is 2.45. The summed E-state index contributed by atoms with van der Waals surface area (Å²) in [4.78, 5) is 43.0. The number of pyridine rings is 1. The highest BCUT2D eigenvalue weighted by Crippen LogP contribution is 2.27. The van der Waals surface area contributed by atoms with Crippen molar-refractivity contribution < 1.29 is 14.3 Å². The van der Waals surface area contributed by atoms with Crippen LogP contribution in [0.5, 0.6) is 0 Å². The number of rotatable bonds is 3. The van der Waals surface area contributed by atoms with Gasteiger partial charge >= 0.3 is 0 Å². The van der Waals surface area contributed by atoms with E-state index in [-0.39, 0.29) is 23.9 Å². The van der Waals surface area contributed by atoms with E-state index >= 15 is 0 Å². The van der Waals surface area contributed by atoms with Crippen molar-refractivity contribution >= 4 is 28.4 Å². The Labute approximate surface area is 185 Å². The van der Waals surface area contributed by atoms with E-state index < -0.39 is 0 Å². The van der Waals surface area contributed by atoms with E-state index in [0.29, 0.717) is 49.3 Å². The molecule has 32 heavy (non-hydrogen) atoms. The van der Waals surface area contributed by atoms with E-state index in [4.69, 9.17) is 4.74 Å². The molecule has 164 valence electrons.